The summed E-state index contributed by atoms with van der Waals surface area (Å²) in [7, 11) is 5.50. The molecule has 5 nitrogen and oxygen atoms in total. The highest BCUT2D eigenvalue weighted by atomic mass is 16.5. The number of nitrogens with zero attached hydrogens (tertiary/aromatic N) is 2. The van der Waals surface area contributed by atoms with E-state index in [0.717, 1.165) is 18.7 Å². The first-order valence-corrected chi connectivity index (χ1v) is 6.87. The Kier molecular flexibility index (Phi) is 4.18. The summed E-state index contributed by atoms with van der Waals surface area (Å²) in [6.07, 6.45) is 1.12. The summed E-state index contributed by atoms with van der Waals surface area (Å²) in [6, 6.07) is 5.69. The van der Waals surface area contributed by atoms with Crippen molar-refractivity contribution in [2.45, 2.75) is 25.5 Å². The van der Waals surface area contributed by atoms with Crippen LogP contribution >= 0.6 is 0 Å². The molecule has 20 heavy (non-hydrogen) atoms. The average molecular weight is 277 g/mol. The van der Waals surface area contributed by atoms with Crippen molar-refractivity contribution in [3.63, 3.8) is 0 Å². The fourth-order valence-corrected chi connectivity index (χ4v) is 2.67. The van der Waals surface area contributed by atoms with Gasteiger partial charge in [-0.15, -0.1) is 0 Å². The van der Waals surface area contributed by atoms with Gasteiger partial charge in [-0.1, -0.05) is 0 Å². The standard InChI is InChI=1S/C15H23N3O2/c1-10-13(7-8-20-10)18(4)14-9-11(16)5-6-12(14)15(19)17(2)3/h5-6,9-10,13H,7-8,16H2,1-4H3. The van der Waals surface area contributed by atoms with E-state index in [9.17, 15) is 4.79 Å². The molecule has 0 saturated carbocycles. The van der Waals surface area contributed by atoms with Gasteiger partial charge < -0.3 is 20.3 Å². The van der Waals surface area contributed by atoms with Crippen molar-refractivity contribution in [3.8, 4) is 0 Å². The molecule has 0 aliphatic carbocycles. The summed E-state index contributed by atoms with van der Waals surface area (Å²) in [5.74, 6) is -0.0154. The van der Waals surface area contributed by atoms with Crippen molar-refractivity contribution in [3.05, 3.63) is 23.8 Å². The van der Waals surface area contributed by atoms with Crippen molar-refractivity contribution < 1.29 is 9.53 Å². The van der Waals surface area contributed by atoms with E-state index in [4.69, 9.17) is 10.5 Å². The van der Waals surface area contributed by atoms with Crippen molar-refractivity contribution in [1.29, 1.82) is 0 Å². The summed E-state index contributed by atoms with van der Waals surface area (Å²) >= 11 is 0. The van der Waals surface area contributed by atoms with E-state index in [0.29, 0.717) is 11.3 Å². The summed E-state index contributed by atoms with van der Waals surface area (Å²) in [5.41, 5.74) is 8.09. The van der Waals surface area contributed by atoms with E-state index in [-0.39, 0.29) is 18.1 Å². The second kappa shape index (κ2) is 5.71. The van der Waals surface area contributed by atoms with Gasteiger partial charge in [0, 0.05) is 33.4 Å². The molecule has 1 fully saturated rings. The summed E-state index contributed by atoms with van der Waals surface area (Å²) in [6.45, 7) is 2.82. The fourth-order valence-electron chi connectivity index (χ4n) is 2.67. The summed E-state index contributed by atoms with van der Waals surface area (Å²) in [5, 5.41) is 0. The van der Waals surface area contributed by atoms with Crippen molar-refractivity contribution >= 4 is 17.3 Å². The van der Waals surface area contributed by atoms with E-state index in [1.165, 1.54) is 0 Å². The van der Waals surface area contributed by atoms with Crippen LogP contribution in [0.25, 0.3) is 0 Å². The van der Waals surface area contributed by atoms with Gasteiger partial charge in [0.1, 0.15) is 0 Å². The van der Waals surface area contributed by atoms with Crippen LogP contribution < -0.4 is 10.6 Å². The second-order valence-corrected chi connectivity index (χ2v) is 5.52. The zero-order chi connectivity index (χ0) is 14.9. The molecule has 5 heteroatoms. The minimum Gasteiger partial charge on any atom is -0.399 e. The first-order chi connectivity index (χ1) is 9.41. The predicted octanol–water partition coefficient (Wildman–Crippen LogP) is 1.58. The maximum Gasteiger partial charge on any atom is 0.255 e. The van der Waals surface area contributed by atoms with Gasteiger partial charge in [0.05, 0.1) is 23.4 Å². The third-order valence-corrected chi connectivity index (χ3v) is 3.87. The van der Waals surface area contributed by atoms with Crippen LogP contribution in [-0.2, 0) is 4.74 Å². The molecule has 1 amide bonds. The van der Waals surface area contributed by atoms with E-state index in [2.05, 4.69) is 11.8 Å². The van der Waals surface area contributed by atoms with Crippen molar-refractivity contribution in [2.24, 2.45) is 0 Å². The quantitative estimate of drug-likeness (QED) is 0.852. The minimum absolute atomic E-state index is 0.0154. The van der Waals surface area contributed by atoms with Gasteiger partial charge in [0.2, 0.25) is 0 Å². The number of carbonyl (C=O) groups excluding carboxylic acids is 1. The van der Waals surface area contributed by atoms with Gasteiger partial charge in [-0.2, -0.15) is 0 Å². The zero-order valence-corrected chi connectivity index (χ0v) is 12.6. The lowest BCUT2D eigenvalue weighted by Gasteiger charge is -2.31. The number of rotatable bonds is 3. The molecular weight excluding hydrogens is 254 g/mol. The number of carbonyl (C=O) groups is 1. The molecule has 1 aromatic carbocycles. The molecule has 1 aromatic rings. The number of hydrogen-bond acceptors (Lipinski definition) is 4. The van der Waals surface area contributed by atoms with Crippen LogP contribution in [0.4, 0.5) is 11.4 Å². The number of nitrogen functional groups attached to an aromatic ring is 1. The molecule has 0 radical (unpaired) electrons. The average Bonchev–Trinajstić information content (AvgIpc) is 2.83. The Morgan fingerprint density at radius 2 is 2.05 bits per heavy atom. The van der Waals surface area contributed by atoms with Crippen LogP contribution in [0, 0.1) is 0 Å². The van der Waals surface area contributed by atoms with E-state index in [1.807, 2.05) is 13.1 Å². The van der Waals surface area contributed by atoms with Crippen LogP contribution in [0.2, 0.25) is 0 Å². The Hall–Kier alpha value is -1.75. The number of hydrogen-bond donors (Lipinski definition) is 1. The number of benzene rings is 1. The maximum atomic E-state index is 12.3. The third kappa shape index (κ3) is 2.72. The lowest BCUT2D eigenvalue weighted by molar-refractivity contribution is 0.0827. The molecule has 1 aliphatic rings. The van der Waals surface area contributed by atoms with E-state index in [1.54, 1.807) is 31.1 Å². The molecule has 2 unspecified atom stereocenters. The highest BCUT2D eigenvalue weighted by Crippen LogP contribution is 2.29. The largest absolute Gasteiger partial charge is 0.399 e. The van der Waals surface area contributed by atoms with Crippen LogP contribution in [0.3, 0.4) is 0 Å². The van der Waals surface area contributed by atoms with Gasteiger partial charge in [0.25, 0.3) is 5.91 Å². The first-order valence-electron chi connectivity index (χ1n) is 6.87. The molecule has 1 heterocycles. The molecule has 0 bridgehead atoms. The Balaban J connectivity index is 2.38. The predicted molar refractivity (Wildman–Crippen MR) is 81.1 cm³/mol. The van der Waals surface area contributed by atoms with Crippen LogP contribution in [0.5, 0.6) is 0 Å². The molecular formula is C15H23N3O2. The zero-order valence-electron chi connectivity index (χ0n) is 12.6. The van der Waals surface area contributed by atoms with Crippen LogP contribution in [-0.4, -0.2) is 50.7 Å². The Morgan fingerprint density at radius 3 is 2.60 bits per heavy atom. The summed E-state index contributed by atoms with van der Waals surface area (Å²) in [4.78, 5) is 16.0. The Bertz CT molecular complexity index is 502. The molecule has 0 aromatic heterocycles. The van der Waals surface area contributed by atoms with Crippen molar-refractivity contribution in [2.75, 3.05) is 38.4 Å². The molecule has 1 aliphatic heterocycles. The normalized spacial score (nSPS) is 21.8. The van der Waals surface area contributed by atoms with Gasteiger partial charge in [0.15, 0.2) is 0 Å². The van der Waals surface area contributed by atoms with Gasteiger partial charge >= 0.3 is 0 Å². The molecule has 1 saturated heterocycles. The van der Waals surface area contributed by atoms with E-state index < -0.39 is 0 Å². The Morgan fingerprint density at radius 1 is 1.35 bits per heavy atom. The van der Waals surface area contributed by atoms with Gasteiger partial charge in [-0.05, 0) is 31.5 Å². The number of ether oxygens (including phenoxy) is 1. The molecule has 110 valence electrons. The SMILES string of the molecule is CC1OCCC1N(C)c1cc(N)ccc1C(=O)N(C)C. The number of amides is 1. The molecule has 0 spiro atoms. The number of nitrogens with two attached hydrogens (primary N) is 1. The highest BCUT2D eigenvalue weighted by Gasteiger charge is 2.30. The number of anilines is 2. The topological polar surface area (TPSA) is 58.8 Å². The second-order valence-electron chi connectivity index (χ2n) is 5.52. The minimum atomic E-state index is -0.0154. The van der Waals surface area contributed by atoms with Crippen LogP contribution in [0.15, 0.2) is 18.2 Å². The number of likely N-dealkylation sites (N-methyl/N-ethyl adjacent to an activating group) is 1. The Labute approximate surface area is 120 Å². The van der Waals surface area contributed by atoms with E-state index >= 15 is 0 Å². The van der Waals surface area contributed by atoms with Gasteiger partial charge in [-0.3, -0.25) is 4.79 Å². The highest BCUT2D eigenvalue weighted by molar-refractivity contribution is 6.00. The third-order valence-electron chi connectivity index (χ3n) is 3.87. The lowest BCUT2D eigenvalue weighted by Crippen LogP contribution is -2.38. The molecule has 2 rings (SSSR count). The fraction of sp³-hybridized carbons (Fsp3) is 0.533. The van der Waals surface area contributed by atoms with Gasteiger partial charge in [-0.25, -0.2) is 0 Å². The smallest absolute Gasteiger partial charge is 0.255 e. The van der Waals surface area contributed by atoms with Crippen LogP contribution in [0.1, 0.15) is 23.7 Å². The summed E-state index contributed by atoms with van der Waals surface area (Å²) < 4.78 is 5.62. The maximum absolute atomic E-state index is 12.3. The molecule has 2 N–H and O–H groups in total. The lowest BCUT2D eigenvalue weighted by atomic mass is 10.1. The van der Waals surface area contributed by atoms with Crippen molar-refractivity contribution in [1.82, 2.24) is 4.90 Å². The monoisotopic (exact) mass is 277 g/mol. The molecule has 2 atom stereocenters. The first kappa shape index (κ1) is 14.7.